The summed E-state index contributed by atoms with van der Waals surface area (Å²) in [5.74, 6) is 1.46. The monoisotopic (exact) mass is 142 g/mol. The van der Waals surface area contributed by atoms with Crippen LogP contribution in [-0.2, 0) is 0 Å². The van der Waals surface area contributed by atoms with Crippen molar-refractivity contribution in [3.63, 3.8) is 0 Å². The minimum absolute atomic E-state index is 0.470. The first-order valence-electron chi connectivity index (χ1n) is 1.32. The van der Waals surface area contributed by atoms with Gasteiger partial charge in [-0.2, -0.15) is 22.9 Å². The fourth-order valence-corrected chi connectivity index (χ4v) is 0.495. The van der Waals surface area contributed by atoms with Gasteiger partial charge in [-0.15, -0.1) is 0 Å². The smallest absolute Gasteiger partial charge is 0.165 e. The van der Waals surface area contributed by atoms with Gasteiger partial charge in [0.05, 0.1) is 0 Å². The third kappa shape index (κ3) is 4.67. The molecule has 34 valence electrons. The van der Waals surface area contributed by atoms with E-state index in [1.165, 1.54) is 11.5 Å². The van der Waals surface area contributed by atoms with E-state index < -0.39 is 5.54 Å². The topological polar surface area (TPSA) is 0 Å². The molecule has 0 saturated carbocycles. The largest absolute Gasteiger partial charge is 0.376 e. The highest BCUT2D eigenvalue weighted by Gasteiger charge is 1.93. The summed E-state index contributed by atoms with van der Waals surface area (Å²) in [4.78, 5) is 0. The Labute approximate surface area is 52.0 Å². The van der Waals surface area contributed by atoms with Crippen LogP contribution in [0.25, 0.3) is 0 Å². The van der Waals surface area contributed by atoms with Crippen LogP contribution in [0.1, 0.15) is 0 Å². The van der Waals surface area contributed by atoms with Gasteiger partial charge in [0.15, 0.2) is 0 Å². The van der Waals surface area contributed by atoms with Gasteiger partial charge in [0.2, 0.25) is 0 Å². The van der Waals surface area contributed by atoms with Crippen LogP contribution in [0.4, 0.5) is 0 Å². The lowest BCUT2D eigenvalue weighted by molar-refractivity contribution is 2.47. The molecule has 0 bridgehead atoms. The van der Waals surface area contributed by atoms with Gasteiger partial charge in [0.1, 0.15) is 0 Å². The van der Waals surface area contributed by atoms with E-state index >= 15 is 0 Å². The van der Waals surface area contributed by atoms with Crippen molar-refractivity contribution in [2.45, 2.75) is 0 Å². The van der Waals surface area contributed by atoms with Crippen molar-refractivity contribution < 1.29 is 0 Å². The van der Waals surface area contributed by atoms with Crippen LogP contribution < -0.4 is 0 Å². The zero-order valence-corrected chi connectivity index (χ0v) is 5.13. The predicted molar refractivity (Wildman–Crippen MR) is 32.5 cm³/mol. The average molecular weight is 143 g/mol. The molecule has 0 aromatic rings. The highest BCUT2D eigenvalue weighted by molar-refractivity contribution is 7.36. The number of hydrogen-bond acceptors (Lipinski definition) is 0. The second kappa shape index (κ2) is 3.85. The van der Waals surface area contributed by atoms with E-state index in [1.54, 1.807) is 0 Å². The van der Waals surface area contributed by atoms with Crippen molar-refractivity contribution in [1.82, 2.24) is 0 Å². The average Bonchev–Trinajstić information content (AvgIpc) is 1.35. The summed E-state index contributed by atoms with van der Waals surface area (Å²) in [6.45, 7) is 0. The molecule has 0 amide bonds. The maximum absolute atomic E-state index is 5.17. The van der Waals surface area contributed by atoms with Gasteiger partial charge >= 0.3 is 5.54 Å². The van der Waals surface area contributed by atoms with Gasteiger partial charge in [-0.1, -0.05) is 17.6 Å². The first-order valence-corrected chi connectivity index (χ1v) is 2.63. The molecule has 0 radical (unpaired) electrons. The van der Waals surface area contributed by atoms with Crippen molar-refractivity contribution in [1.29, 1.82) is 0 Å². The summed E-state index contributed by atoms with van der Waals surface area (Å²) in [6, 6.07) is 0. The van der Waals surface area contributed by atoms with Crippen LogP contribution in [0.3, 0.4) is 0 Å². The van der Waals surface area contributed by atoms with E-state index in [4.69, 9.17) is 34.5 Å². The van der Waals surface area contributed by atoms with Gasteiger partial charge in [0, 0.05) is 0 Å². The standard InChI is InChI=1S/C2H2BCl3/c4-2-1-3(5)6/h1-2H/b2-1+. The summed E-state index contributed by atoms with van der Waals surface area (Å²) in [6.07, 6.45) is 0. The van der Waals surface area contributed by atoms with Gasteiger partial charge in [-0.3, -0.25) is 0 Å². The maximum atomic E-state index is 5.17. The molecule has 0 rings (SSSR count). The molecule has 0 aromatic carbocycles. The zero-order valence-electron chi connectivity index (χ0n) is 2.87. The van der Waals surface area contributed by atoms with Crippen LogP contribution in [0, 0.1) is 0 Å². The van der Waals surface area contributed by atoms with Crippen molar-refractivity contribution >= 4 is 40.1 Å². The third-order valence-electron chi connectivity index (χ3n) is 0.218. The molecule has 0 aromatic heterocycles. The molecule has 0 unspecified atom stereocenters. The highest BCUT2D eigenvalue weighted by Crippen LogP contribution is 1.96. The van der Waals surface area contributed by atoms with Gasteiger partial charge < -0.3 is 0 Å². The van der Waals surface area contributed by atoms with Crippen molar-refractivity contribution in [2.24, 2.45) is 0 Å². The minimum atomic E-state index is -0.470. The lowest BCUT2D eigenvalue weighted by Gasteiger charge is -1.73. The summed E-state index contributed by atoms with van der Waals surface area (Å²) in [5, 5.41) is 0. The lowest BCUT2D eigenvalue weighted by Crippen LogP contribution is -1.80. The molecule has 0 aliphatic rings. The molecule has 0 fully saturated rings. The Bertz CT molecular complexity index is 50.8. The predicted octanol–water partition coefficient (Wildman–Crippen LogP) is 2.24. The summed E-state index contributed by atoms with van der Waals surface area (Å²) >= 11 is 15.4. The molecule has 0 heterocycles. The number of rotatable bonds is 1. The Kier molecular flexibility index (Phi) is 4.28. The molecular formula is C2H2BCl3. The fourth-order valence-electron chi connectivity index (χ4n) is 0.0550. The van der Waals surface area contributed by atoms with E-state index in [1.807, 2.05) is 0 Å². The summed E-state index contributed by atoms with van der Waals surface area (Å²) < 4.78 is 0. The van der Waals surface area contributed by atoms with Gasteiger partial charge in [0.25, 0.3) is 0 Å². The Balaban J connectivity index is 3.03. The van der Waals surface area contributed by atoms with Crippen molar-refractivity contribution in [3.05, 3.63) is 11.5 Å². The first kappa shape index (κ1) is 6.67. The van der Waals surface area contributed by atoms with Crippen LogP contribution in [0.2, 0.25) is 0 Å². The molecule has 6 heavy (non-hydrogen) atoms. The molecule has 0 nitrogen and oxygen atoms in total. The molecule has 0 aliphatic carbocycles. The van der Waals surface area contributed by atoms with Crippen LogP contribution >= 0.6 is 34.5 Å². The Hall–Kier alpha value is 0.675. The Morgan fingerprint density at radius 3 is 1.83 bits per heavy atom. The Morgan fingerprint density at radius 1 is 1.33 bits per heavy atom. The summed E-state index contributed by atoms with van der Waals surface area (Å²) in [5.41, 5.74) is 0.812. The quantitative estimate of drug-likeness (QED) is 0.494. The van der Waals surface area contributed by atoms with Crippen LogP contribution in [0.5, 0.6) is 0 Å². The molecule has 0 spiro atoms. The van der Waals surface area contributed by atoms with Gasteiger partial charge in [-0.05, 0) is 5.54 Å². The molecule has 0 aliphatic heterocycles. The summed E-state index contributed by atoms with van der Waals surface area (Å²) in [7, 11) is 0. The van der Waals surface area contributed by atoms with Gasteiger partial charge in [-0.25, -0.2) is 0 Å². The lowest BCUT2D eigenvalue weighted by atomic mass is 10.1. The molecule has 0 atom stereocenters. The Morgan fingerprint density at radius 2 is 1.83 bits per heavy atom. The molecule has 4 heteroatoms. The van der Waals surface area contributed by atoms with E-state index in [0.29, 0.717) is 0 Å². The molecule has 0 saturated heterocycles. The fraction of sp³-hybridized carbons (Fsp3) is 0. The molecular weight excluding hydrogens is 141 g/mol. The minimum Gasteiger partial charge on any atom is -0.165 e. The van der Waals surface area contributed by atoms with Crippen molar-refractivity contribution in [3.8, 4) is 0 Å². The maximum Gasteiger partial charge on any atom is 0.376 e. The van der Waals surface area contributed by atoms with E-state index in [9.17, 15) is 0 Å². The van der Waals surface area contributed by atoms with E-state index in [2.05, 4.69) is 0 Å². The molecule has 0 N–H and O–H groups in total. The second-order valence-electron chi connectivity index (χ2n) is 0.653. The first-order chi connectivity index (χ1) is 2.77. The SMILES string of the molecule is Cl/C=C/B(Cl)Cl. The highest BCUT2D eigenvalue weighted by atomic mass is 35.5. The normalized spacial score (nSPS) is 9.83. The zero-order chi connectivity index (χ0) is 4.99. The van der Waals surface area contributed by atoms with Crippen LogP contribution in [0.15, 0.2) is 11.5 Å². The van der Waals surface area contributed by atoms with E-state index in [-0.39, 0.29) is 0 Å². The number of halogens is 3. The van der Waals surface area contributed by atoms with E-state index in [0.717, 1.165) is 0 Å². The second-order valence-corrected chi connectivity index (χ2v) is 2.07. The number of hydrogen-bond donors (Lipinski definition) is 0. The van der Waals surface area contributed by atoms with Crippen molar-refractivity contribution in [2.75, 3.05) is 0 Å². The van der Waals surface area contributed by atoms with Crippen LogP contribution in [-0.4, -0.2) is 5.54 Å². The third-order valence-corrected chi connectivity index (χ3v) is 0.655.